The number of rotatable bonds is 0. The lowest BCUT2D eigenvalue weighted by atomic mass is 10.0. The van der Waals surface area contributed by atoms with Crippen molar-refractivity contribution >= 4 is 32.7 Å². The van der Waals surface area contributed by atoms with E-state index < -0.39 is 0 Å². The molecule has 3 aromatic carbocycles. The molecule has 0 bridgehead atoms. The zero-order valence-corrected chi connectivity index (χ0v) is 12.1. The van der Waals surface area contributed by atoms with Gasteiger partial charge in [0, 0.05) is 10.8 Å². The van der Waals surface area contributed by atoms with Crippen LogP contribution in [0.4, 0.5) is 0 Å². The molecular weight excluding hydrogens is 244 g/mol. The summed E-state index contributed by atoms with van der Waals surface area (Å²) in [5.41, 5.74) is 3.17. The highest BCUT2D eigenvalue weighted by molar-refractivity contribution is 6.19. The molecule has 4 rings (SSSR count). The molecule has 0 radical (unpaired) electrons. The maximum atomic E-state index is 5.99. The van der Waals surface area contributed by atoms with E-state index in [1.165, 1.54) is 27.1 Å². The number of aryl methyl sites for hydroxylation is 1. The fraction of sp³-hybridized carbons (Fsp3) is 0.158. The Balaban J connectivity index is 0.000000581. The van der Waals surface area contributed by atoms with Gasteiger partial charge >= 0.3 is 0 Å². The summed E-state index contributed by atoms with van der Waals surface area (Å²) in [5, 5.41) is 4.98. The third-order valence-corrected chi connectivity index (χ3v) is 3.56. The normalized spacial score (nSPS) is 10.8. The first-order valence-electron chi connectivity index (χ1n) is 7.14. The maximum Gasteiger partial charge on any atom is 0.138 e. The number of benzene rings is 3. The van der Waals surface area contributed by atoms with Gasteiger partial charge < -0.3 is 4.42 Å². The summed E-state index contributed by atoms with van der Waals surface area (Å²) in [5.74, 6) is 0. The Morgan fingerprint density at radius 3 is 2.25 bits per heavy atom. The van der Waals surface area contributed by atoms with Crippen molar-refractivity contribution in [3.8, 4) is 0 Å². The largest absolute Gasteiger partial charge is 0.456 e. The Morgan fingerprint density at radius 2 is 1.45 bits per heavy atom. The van der Waals surface area contributed by atoms with Crippen LogP contribution in [-0.2, 0) is 0 Å². The van der Waals surface area contributed by atoms with Crippen LogP contribution in [0.5, 0.6) is 0 Å². The molecule has 1 aromatic heterocycles. The Hall–Kier alpha value is -2.28. The van der Waals surface area contributed by atoms with E-state index in [0.29, 0.717) is 0 Å². The molecule has 0 aliphatic rings. The van der Waals surface area contributed by atoms with E-state index in [9.17, 15) is 0 Å². The summed E-state index contributed by atoms with van der Waals surface area (Å²) in [4.78, 5) is 0. The van der Waals surface area contributed by atoms with Gasteiger partial charge in [-0.05, 0) is 35.4 Å². The van der Waals surface area contributed by atoms with Gasteiger partial charge in [0.2, 0.25) is 0 Å². The fourth-order valence-electron chi connectivity index (χ4n) is 2.74. The summed E-state index contributed by atoms with van der Waals surface area (Å²) in [6.45, 7) is 6.11. The highest BCUT2D eigenvalue weighted by atomic mass is 16.3. The highest BCUT2D eigenvalue weighted by Gasteiger charge is 2.11. The van der Waals surface area contributed by atoms with Crippen molar-refractivity contribution in [1.82, 2.24) is 0 Å². The average Bonchev–Trinajstić information content (AvgIpc) is 2.90. The number of fused-ring (bicyclic) bond motifs is 5. The first-order chi connectivity index (χ1) is 9.84. The number of hydrogen-bond acceptors (Lipinski definition) is 1. The van der Waals surface area contributed by atoms with Crippen LogP contribution >= 0.6 is 0 Å². The molecule has 0 atom stereocenters. The number of hydrogen-bond donors (Lipinski definition) is 0. The monoisotopic (exact) mass is 262 g/mol. The zero-order chi connectivity index (χ0) is 14.1. The van der Waals surface area contributed by atoms with Crippen LogP contribution < -0.4 is 0 Å². The molecule has 0 aliphatic heterocycles. The van der Waals surface area contributed by atoms with Crippen LogP contribution in [0, 0.1) is 6.92 Å². The summed E-state index contributed by atoms with van der Waals surface area (Å²) in [6, 6.07) is 18.9. The van der Waals surface area contributed by atoms with Crippen LogP contribution in [-0.4, -0.2) is 0 Å². The molecule has 0 saturated carbocycles. The van der Waals surface area contributed by atoms with Crippen molar-refractivity contribution in [2.75, 3.05) is 0 Å². The number of furan rings is 1. The van der Waals surface area contributed by atoms with Gasteiger partial charge in [-0.2, -0.15) is 0 Å². The van der Waals surface area contributed by atoms with E-state index in [1.54, 1.807) is 0 Å². The Morgan fingerprint density at radius 1 is 0.800 bits per heavy atom. The summed E-state index contributed by atoms with van der Waals surface area (Å²) >= 11 is 0. The molecule has 20 heavy (non-hydrogen) atoms. The predicted octanol–water partition coefficient (Wildman–Crippen LogP) is 6.07. The molecule has 100 valence electrons. The minimum absolute atomic E-state index is 0.965. The van der Waals surface area contributed by atoms with Gasteiger partial charge in [0.15, 0.2) is 0 Å². The lowest BCUT2D eigenvalue weighted by molar-refractivity contribution is 0.666. The van der Waals surface area contributed by atoms with E-state index in [0.717, 1.165) is 11.2 Å². The lowest BCUT2D eigenvalue weighted by Gasteiger charge is -2.01. The third-order valence-electron chi connectivity index (χ3n) is 3.56. The first-order valence-corrected chi connectivity index (χ1v) is 7.14. The van der Waals surface area contributed by atoms with E-state index >= 15 is 0 Å². The molecule has 0 aliphatic carbocycles. The van der Waals surface area contributed by atoms with Gasteiger partial charge in [0.25, 0.3) is 0 Å². The van der Waals surface area contributed by atoms with Crippen LogP contribution in [0.3, 0.4) is 0 Å². The molecule has 0 saturated heterocycles. The minimum atomic E-state index is 0.965. The van der Waals surface area contributed by atoms with Gasteiger partial charge in [0.05, 0.1) is 0 Å². The quantitative estimate of drug-likeness (QED) is 0.374. The highest BCUT2D eigenvalue weighted by Crippen LogP contribution is 2.36. The van der Waals surface area contributed by atoms with E-state index in [4.69, 9.17) is 4.42 Å². The Kier molecular flexibility index (Phi) is 3.19. The SMILES string of the molecule is CC.Cc1cc2ccccc2c2c1oc1ccccc12. The topological polar surface area (TPSA) is 13.1 Å². The second-order valence-electron chi connectivity index (χ2n) is 4.72. The zero-order valence-electron chi connectivity index (χ0n) is 12.1. The second kappa shape index (κ2) is 5.01. The third kappa shape index (κ3) is 1.78. The molecule has 0 fully saturated rings. The van der Waals surface area contributed by atoms with Crippen LogP contribution in [0.1, 0.15) is 19.4 Å². The van der Waals surface area contributed by atoms with E-state index in [-0.39, 0.29) is 0 Å². The van der Waals surface area contributed by atoms with Gasteiger partial charge in [-0.1, -0.05) is 56.3 Å². The Bertz CT molecular complexity index is 884. The predicted molar refractivity (Wildman–Crippen MR) is 87.3 cm³/mol. The Labute approximate surface area is 118 Å². The van der Waals surface area contributed by atoms with Crippen molar-refractivity contribution < 1.29 is 4.42 Å². The van der Waals surface area contributed by atoms with Crippen molar-refractivity contribution in [2.45, 2.75) is 20.8 Å². The summed E-state index contributed by atoms with van der Waals surface area (Å²) in [7, 11) is 0. The molecule has 0 N–H and O–H groups in total. The van der Waals surface area contributed by atoms with Crippen molar-refractivity contribution in [3.05, 3.63) is 60.2 Å². The number of para-hydroxylation sites is 1. The first kappa shape index (κ1) is 12.7. The van der Waals surface area contributed by atoms with Crippen molar-refractivity contribution in [2.24, 2.45) is 0 Å². The summed E-state index contributed by atoms with van der Waals surface area (Å²) in [6.07, 6.45) is 0. The van der Waals surface area contributed by atoms with Crippen LogP contribution in [0.25, 0.3) is 32.7 Å². The van der Waals surface area contributed by atoms with Crippen LogP contribution in [0.15, 0.2) is 59.0 Å². The van der Waals surface area contributed by atoms with Crippen molar-refractivity contribution in [1.29, 1.82) is 0 Å². The molecule has 1 nitrogen and oxygen atoms in total. The van der Waals surface area contributed by atoms with Gasteiger partial charge in [-0.25, -0.2) is 0 Å². The minimum Gasteiger partial charge on any atom is -0.456 e. The maximum absolute atomic E-state index is 5.99. The van der Waals surface area contributed by atoms with E-state index in [2.05, 4.69) is 49.4 Å². The fourth-order valence-corrected chi connectivity index (χ4v) is 2.74. The molecular formula is C19H18O. The second-order valence-corrected chi connectivity index (χ2v) is 4.72. The standard InChI is InChI=1S/C17H12O.C2H6/c1-11-10-12-6-2-3-7-13(12)16-14-8-4-5-9-15(14)18-17(11)16;1-2/h2-10H,1H3;1-2H3. The molecule has 1 heterocycles. The lowest BCUT2D eigenvalue weighted by Crippen LogP contribution is -1.78. The molecule has 0 unspecified atom stereocenters. The summed E-state index contributed by atoms with van der Waals surface area (Å²) < 4.78 is 5.99. The average molecular weight is 262 g/mol. The van der Waals surface area contributed by atoms with Crippen LogP contribution in [0.2, 0.25) is 0 Å². The molecule has 1 heteroatoms. The molecule has 0 spiro atoms. The van der Waals surface area contributed by atoms with Gasteiger partial charge in [0.1, 0.15) is 11.2 Å². The van der Waals surface area contributed by atoms with Crippen molar-refractivity contribution in [3.63, 3.8) is 0 Å². The van der Waals surface area contributed by atoms with E-state index in [1.807, 2.05) is 26.0 Å². The molecule has 0 amide bonds. The van der Waals surface area contributed by atoms with Gasteiger partial charge in [-0.3, -0.25) is 0 Å². The smallest absolute Gasteiger partial charge is 0.138 e. The van der Waals surface area contributed by atoms with Gasteiger partial charge in [-0.15, -0.1) is 0 Å². The molecule has 4 aromatic rings.